The van der Waals surface area contributed by atoms with Crippen LogP contribution in [0.1, 0.15) is 5.56 Å². The van der Waals surface area contributed by atoms with Crippen molar-refractivity contribution >= 4 is 0 Å². The predicted molar refractivity (Wildman–Crippen MR) is 53.7 cm³/mol. The molecule has 0 aliphatic carbocycles. The van der Waals surface area contributed by atoms with Crippen LogP contribution in [0.2, 0.25) is 0 Å². The van der Waals surface area contributed by atoms with Crippen LogP contribution in [0.5, 0.6) is 0 Å². The first kappa shape index (κ1) is 8.95. The lowest BCUT2D eigenvalue weighted by molar-refractivity contribution is -0.416. The zero-order valence-electron chi connectivity index (χ0n) is 8.42. The van der Waals surface area contributed by atoms with E-state index < -0.39 is 5.79 Å². The van der Waals surface area contributed by atoms with E-state index in [-0.39, 0.29) is 12.2 Å². The molecule has 1 fully saturated rings. The maximum absolute atomic E-state index is 5.68. The third-order valence-electron chi connectivity index (χ3n) is 3.00. The van der Waals surface area contributed by atoms with Crippen LogP contribution < -0.4 is 0 Å². The lowest BCUT2D eigenvalue weighted by atomic mass is 9.86. The van der Waals surface area contributed by atoms with E-state index in [4.69, 9.17) is 14.2 Å². The molecule has 2 aliphatic rings. The summed E-state index contributed by atoms with van der Waals surface area (Å²) in [5.74, 6) is -0.497. The van der Waals surface area contributed by atoms with E-state index in [1.54, 1.807) is 13.4 Å². The molecule has 78 valence electrons. The number of hydrogen-bond donors (Lipinski definition) is 0. The minimum atomic E-state index is -0.654. The van der Waals surface area contributed by atoms with E-state index in [2.05, 4.69) is 0 Å². The average Bonchev–Trinajstić information content (AvgIpc) is 2.65. The van der Waals surface area contributed by atoms with E-state index in [1.165, 1.54) is 0 Å². The SMILES string of the molecule is COC1(c2ccccc2)OC2OC=CC21. The highest BCUT2D eigenvalue weighted by Crippen LogP contribution is 2.51. The van der Waals surface area contributed by atoms with E-state index in [0.717, 1.165) is 5.56 Å². The van der Waals surface area contributed by atoms with E-state index in [9.17, 15) is 0 Å². The molecule has 0 saturated carbocycles. The Hall–Kier alpha value is -1.32. The van der Waals surface area contributed by atoms with Crippen LogP contribution in [0.25, 0.3) is 0 Å². The fourth-order valence-electron chi connectivity index (χ4n) is 2.20. The molecule has 3 unspecified atom stereocenters. The van der Waals surface area contributed by atoms with Gasteiger partial charge in [-0.2, -0.15) is 0 Å². The summed E-state index contributed by atoms with van der Waals surface area (Å²) in [4.78, 5) is 0. The van der Waals surface area contributed by atoms with Gasteiger partial charge in [-0.1, -0.05) is 30.3 Å². The van der Waals surface area contributed by atoms with Crippen molar-refractivity contribution in [1.29, 1.82) is 0 Å². The fraction of sp³-hybridized carbons (Fsp3) is 0.333. The molecule has 0 aromatic heterocycles. The molecular weight excluding hydrogens is 192 g/mol. The van der Waals surface area contributed by atoms with Crippen molar-refractivity contribution in [3.05, 3.63) is 48.2 Å². The second kappa shape index (κ2) is 3.08. The Morgan fingerprint density at radius 1 is 1.27 bits per heavy atom. The van der Waals surface area contributed by atoms with Gasteiger partial charge >= 0.3 is 0 Å². The predicted octanol–water partition coefficient (Wildman–Crippen LogP) is 2.00. The van der Waals surface area contributed by atoms with E-state index >= 15 is 0 Å². The van der Waals surface area contributed by atoms with Crippen molar-refractivity contribution in [3.8, 4) is 0 Å². The summed E-state index contributed by atoms with van der Waals surface area (Å²) in [6.07, 6.45) is 3.49. The standard InChI is InChI=1S/C12H12O3/c1-13-12(9-5-3-2-4-6-9)10-7-8-14-11(10)15-12/h2-8,10-11H,1H3. The Labute approximate surface area is 88.3 Å². The molecule has 2 heterocycles. The van der Waals surface area contributed by atoms with Crippen LogP contribution in [-0.2, 0) is 20.0 Å². The molecule has 1 saturated heterocycles. The molecule has 0 radical (unpaired) electrons. The lowest BCUT2D eigenvalue weighted by Crippen LogP contribution is -2.56. The Kier molecular flexibility index (Phi) is 1.84. The molecule has 1 aromatic carbocycles. The van der Waals surface area contributed by atoms with Gasteiger partial charge in [0.15, 0.2) is 0 Å². The topological polar surface area (TPSA) is 27.7 Å². The molecule has 0 spiro atoms. The Morgan fingerprint density at radius 2 is 2.07 bits per heavy atom. The van der Waals surface area contributed by atoms with Gasteiger partial charge in [-0.3, -0.25) is 0 Å². The quantitative estimate of drug-likeness (QED) is 0.737. The van der Waals surface area contributed by atoms with Crippen LogP contribution in [0.3, 0.4) is 0 Å². The zero-order chi connectivity index (χ0) is 10.3. The molecule has 3 nitrogen and oxygen atoms in total. The van der Waals surface area contributed by atoms with Crippen molar-refractivity contribution in [2.75, 3.05) is 7.11 Å². The molecule has 0 amide bonds. The third-order valence-corrected chi connectivity index (χ3v) is 3.00. The second-order valence-corrected chi connectivity index (χ2v) is 3.71. The molecule has 2 aliphatic heterocycles. The van der Waals surface area contributed by atoms with Crippen LogP contribution in [-0.4, -0.2) is 13.4 Å². The first-order valence-electron chi connectivity index (χ1n) is 4.97. The van der Waals surface area contributed by atoms with Gasteiger partial charge in [-0.15, -0.1) is 0 Å². The monoisotopic (exact) mass is 204 g/mol. The van der Waals surface area contributed by atoms with Crippen molar-refractivity contribution in [3.63, 3.8) is 0 Å². The van der Waals surface area contributed by atoms with Gasteiger partial charge in [0.25, 0.3) is 0 Å². The summed E-state index contributed by atoms with van der Waals surface area (Å²) in [5.41, 5.74) is 1.03. The number of ether oxygens (including phenoxy) is 3. The molecule has 0 bridgehead atoms. The summed E-state index contributed by atoms with van der Waals surface area (Å²) in [5, 5.41) is 0. The summed E-state index contributed by atoms with van der Waals surface area (Å²) in [7, 11) is 1.66. The van der Waals surface area contributed by atoms with Crippen LogP contribution in [0.15, 0.2) is 42.7 Å². The molecule has 3 heteroatoms. The van der Waals surface area contributed by atoms with Crippen molar-refractivity contribution in [2.24, 2.45) is 5.92 Å². The number of fused-ring (bicyclic) bond motifs is 1. The summed E-state index contributed by atoms with van der Waals surface area (Å²) in [6.45, 7) is 0. The summed E-state index contributed by atoms with van der Waals surface area (Å²) < 4.78 is 16.4. The average molecular weight is 204 g/mol. The lowest BCUT2D eigenvalue weighted by Gasteiger charge is -2.48. The van der Waals surface area contributed by atoms with Gasteiger partial charge < -0.3 is 14.2 Å². The first-order valence-corrected chi connectivity index (χ1v) is 4.97. The van der Waals surface area contributed by atoms with Crippen LogP contribution in [0.4, 0.5) is 0 Å². The second-order valence-electron chi connectivity index (χ2n) is 3.71. The Morgan fingerprint density at radius 3 is 2.73 bits per heavy atom. The highest BCUT2D eigenvalue weighted by Gasteiger charge is 2.59. The van der Waals surface area contributed by atoms with Crippen LogP contribution >= 0.6 is 0 Å². The van der Waals surface area contributed by atoms with Gasteiger partial charge in [-0.25, -0.2) is 0 Å². The minimum absolute atomic E-state index is 0.157. The Balaban J connectivity index is 1.98. The van der Waals surface area contributed by atoms with E-state index in [0.29, 0.717) is 0 Å². The molecule has 3 rings (SSSR count). The highest BCUT2D eigenvalue weighted by molar-refractivity contribution is 5.26. The largest absolute Gasteiger partial charge is 0.472 e. The number of benzene rings is 1. The Bertz CT molecular complexity index is 387. The highest BCUT2D eigenvalue weighted by atomic mass is 16.8. The smallest absolute Gasteiger partial charge is 0.214 e. The van der Waals surface area contributed by atoms with Gasteiger partial charge in [0.1, 0.15) is 5.92 Å². The van der Waals surface area contributed by atoms with E-state index in [1.807, 2.05) is 36.4 Å². The van der Waals surface area contributed by atoms with Gasteiger partial charge in [0.2, 0.25) is 12.1 Å². The van der Waals surface area contributed by atoms with Gasteiger partial charge in [0.05, 0.1) is 6.26 Å². The number of rotatable bonds is 2. The molecule has 1 aromatic rings. The van der Waals surface area contributed by atoms with Crippen molar-refractivity contribution in [1.82, 2.24) is 0 Å². The van der Waals surface area contributed by atoms with Gasteiger partial charge in [-0.05, 0) is 6.08 Å². The molecule has 0 N–H and O–H groups in total. The molecular formula is C12H12O3. The van der Waals surface area contributed by atoms with Crippen LogP contribution in [0, 0.1) is 5.92 Å². The fourth-order valence-corrected chi connectivity index (χ4v) is 2.20. The number of hydrogen-bond acceptors (Lipinski definition) is 3. The number of methoxy groups -OCH3 is 1. The summed E-state index contributed by atoms with van der Waals surface area (Å²) in [6, 6.07) is 9.94. The third kappa shape index (κ3) is 1.07. The molecule has 15 heavy (non-hydrogen) atoms. The maximum Gasteiger partial charge on any atom is 0.214 e. The van der Waals surface area contributed by atoms with Crippen molar-refractivity contribution < 1.29 is 14.2 Å². The summed E-state index contributed by atoms with van der Waals surface area (Å²) >= 11 is 0. The maximum atomic E-state index is 5.68. The zero-order valence-corrected chi connectivity index (χ0v) is 8.42. The molecule has 3 atom stereocenters. The van der Waals surface area contributed by atoms with Crippen molar-refractivity contribution in [2.45, 2.75) is 12.1 Å². The minimum Gasteiger partial charge on any atom is -0.472 e. The van der Waals surface area contributed by atoms with Gasteiger partial charge in [0, 0.05) is 12.7 Å². The normalized spacial score (nSPS) is 36.9. The first-order chi connectivity index (χ1) is 7.37.